The molecule has 0 aromatic heterocycles. The van der Waals surface area contributed by atoms with Crippen LogP contribution in [0.15, 0.2) is 69.3 Å². The van der Waals surface area contributed by atoms with E-state index >= 15 is 0 Å². The minimum absolute atomic E-state index is 0.104. The van der Waals surface area contributed by atoms with Crippen molar-refractivity contribution in [1.82, 2.24) is 0 Å². The first-order valence-corrected chi connectivity index (χ1v) is 11.9. The average molecular weight is 534 g/mol. The van der Waals surface area contributed by atoms with E-state index in [4.69, 9.17) is 34.8 Å². The molecule has 0 atom stereocenters. The number of rotatable bonds is 7. The fourth-order valence-corrected chi connectivity index (χ4v) is 5.12. The summed E-state index contributed by atoms with van der Waals surface area (Å²) in [5, 5.41) is 21.5. The number of carboxylic acids is 1. The van der Waals surface area contributed by atoms with E-state index in [1.54, 1.807) is 6.07 Å². The van der Waals surface area contributed by atoms with Crippen LogP contribution in [0.25, 0.3) is 0 Å². The summed E-state index contributed by atoms with van der Waals surface area (Å²) in [5.74, 6) is -1.38. The highest BCUT2D eigenvalue weighted by atomic mass is 35.5. The van der Waals surface area contributed by atoms with Crippen molar-refractivity contribution in [3.8, 4) is 0 Å². The Bertz CT molecular complexity index is 1350. The molecular weight excluding hydrogens is 523 g/mol. The number of carbonyl (C=O) groups is 1. The maximum absolute atomic E-state index is 12.8. The highest BCUT2D eigenvalue weighted by Gasteiger charge is 2.24. The molecule has 3 aromatic rings. The van der Waals surface area contributed by atoms with Crippen LogP contribution >= 0.6 is 46.6 Å². The molecule has 0 aliphatic rings. The number of nitrogens with zero attached hydrogens (tertiary/aromatic N) is 1. The monoisotopic (exact) mass is 532 g/mol. The number of nitrogens with one attached hydrogen (secondary N) is 1. The number of hydrogen-bond donors (Lipinski definition) is 2. The van der Waals surface area contributed by atoms with Crippen molar-refractivity contribution in [3.05, 3.63) is 85.3 Å². The number of sulfonamides is 1. The first-order chi connectivity index (χ1) is 15.0. The lowest BCUT2D eigenvalue weighted by Gasteiger charge is -2.12. The molecule has 8 nitrogen and oxygen atoms in total. The molecule has 0 heterocycles. The molecule has 0 saturated carbocycles. The smallest absolute Gasteiger partial charge is 0.337 e. The van der Waals surface area contributed by atoms with Crippen LogP contribution < -0.4 is 4.72 Å². The predicted molar refractivity (Wildman–Crippen MR) is 123 cm³/mol. The van der Waals surface area contributed by atoms with Crippen LogP contribution in [-0.4, -0.2) is 24.4 Å². The Morgan fingerprint density at radius 2 is 1.72 bits per heavy atom. The minimum atomic E-state index is -4.37. The highest BCUT2D eigenvalue weighted by molar-refractivity contribution is 7.99. The molecule has 3 rings (SSSR count). The summed E-state index contributed by atoms with van der Waals surface area (Å²) in [5.41, 5.74) is -1.07. The molecule has 0 unspecified atom stereocenters. The summed E-state index contributed by atoms with van der Waals surface area (Å²) in [7, 11) is -4.37. The third kappa shape index (κ3) is 5.45. The van der Waals surface area contributed by atoms with Gasteiger partial charge in [0.1, 0.15) is 0 Å². The largest absolute Gasteiger partial charge is 0.478 e. The molecule has 0 bridgehead atoms. The number of carboxylic acid groups (broad SMARTS) is 1. The van der Waals surface area contributed by atoms with Crippen molar-refractivity contribution in [2.75, 3.05) is 4.72 Å². The first-order valence-electron chi connectivity index (χ1n) is 8.45. The van der Waals surface area contributed by atoms with E-state index in [9.17, 15) is 28.4 Å². The van der Waals surface area contributed by atoms with Crippen LogP contribution in [0.4, 0.5) is 11.4 Å². The Balaban J connectivity index is 1.99. The molecule has 2 N–H and O–H groups in total. The Morgan fingerprint density at radius 1 is 1.00 bits per heavy atom. The predicted octanol–water partition coefficient (Wildman–Crippen LogP) is 6.21. The van der Waals surface area contributed by atoms with Crippen molar-refractivity contribution < 1.29 is 23.2 Å². The fourth-order valence-electron chi connectivity index (χ4n) is 2.55. The van der Waals surface area contributed by atoms with E-state index in [1.807, 2.05) is 0 Å². The molecule has 0 aliphatic heterocycles. The quantitative estimate of drug-likeness (QED) is 0.273. The zero-order valence-electron chi connectivity index (χ0n) is 15.6. The van der Waals surface area contributed by atoms with Crippen LogP contribution in [0.2, 0.25) is 15.1 Å². The van der Waals surface area contributed by atoms with Gasteiger partial charge in [0.25, 0.3) is 15.7 Å². The number of benzene rings is 3. The van der Waals surface area contributed by atoms with Gasteiger partial charge in [-0.15, -0.1) is 0 Å². The molecule has 0 saturated heterocycles. The zero-order chi connectivity index (χ0) is 23.6. The number of aromatic carboxylic acids is 1. The van der Waals surface area contributed by atoms with E-state index < -0.39 is 31.5 Å². The van der Waals surface area contributed by atoms with Crippen LogP contribution in [0.1, 0.15) is 10.4 Å². The number of nitro benzene ring substituents is 1. The molecule has 0 spiro atoms. The topological polar surface area (TPSA) is 127 Å². The number of anilines is 1. The summed E-state index contributed by atoms with van der Waals surface area (Å²) in [6.07, 6.45) is 0. The Morgan fingerprint density at radius 3 is 2.34 bits per heavy atom. The Kier molecular flexibility index (Phi) is 7.21. The van der Waals surface area contributed by atoms with E-state index in [1.165, 1.54) is 30.3 Å². The van der Waals surface area contributed by atoms with Crippen molar-refractivity contribution in [2.24, 2.45) is 0 Å². The van der Waals surface area contributed by atoms with Crippen molar-refractivity contribution in [3.63, 3.8) is 0 Å². The van der Waals surface area contributed by atoms with Gasteiger partial charge in [0, 0.05) is 16.0 Å². The van der Waals surface area contributed by atoms with Crippen LogP contribution in [-0.2, 0) is 10.0 Å². The second kappa shape index (κ2) is 9.55. The van der Waals surface area contributed by atoms with Crippen molar-refractivity contribution in [1.29, 1.82) is 0 Å². The maximum atomic E-state index is 12.8. The van der Waals surface area contributed by atoms with Crippen molar-refractivity contribution in [2.45, 2.75) is 14.7 Å². The lowest BCUT2D eigenvalue weighted by Crippen LogP contribution is -2.16. The van der Waals surface area contributed by atoms with Crippen LogP contribution in [0.3, 0.4) is 0 Å². The normalized spacial score (nSPS) is 11.2. The highest BCUT2D eigenvalue weighted by Crippen LogP contribution is 2.38. The van der Waals surface area contributed by atoms with Gasteiger partial charge in [-0.1, -0.05) is 46.6 Å². The maximum Gasteiger partial charge on any atom is 0.337 e. The minimum Gasteiger partial charge on any atom is -0.478 e. The van der Waals surface area contributed by atoms with Crippen LogP contribution in [0, 0.1) is 10.1 Å². The molecule has 0 amide bonds. The summed E-state index contributed by atoms with van der Waals surface area (Å²) < 4.78 is 27.7. The Hall–Kier alpha value is -2.50. The third-order valence-corrected chi connectivity index (χ3v) is 7.40. The van der Waals surface area contributed by atoms with Gasteiger partial charge in [-0.25, -0.2) is 13.2 Å². The van der Waals surface area contributed by atoms with Gasteiger partial charge in [0.2, 0.25) is 0 Å². The average Bonchev–Trinajstić information content (AvgIpc) is 2.70. The first kappa shape index (κ1) is 24.1. The number of nitro groups is 1. The van der Waals surface area contributed by atoms with Gasteiger partial charge < -0.3 is 5.11 Å². The second-order valence-corrected chi connectivity index (χ2v) is 10.2. The van der Waals surface area contributed by atoms with Gasteiger partial charge in [-0.3, -0.25) is 14.8 Å². The van der Waals surface area contributed by atoms with Gasteiger partial charge in [0.05, 0.1) is 36.0 Å². The van der Waals surface area contributed by atoms with Gasteiger partial charge in [-0.05, 0) is 48.5 Å². The third-order valence-electron chi connectivity index (χ3n) is 4.01. The molecular formula is C19H11Cl3N2O6S2. The molecule has 32 heavy (non-hydrogen) atoms. The van der Waals surface area contributed by atoms with Gasteiger partial charge in [-0.2, -0.15) is 0 Å². The number of hydrogen-bond acceptors (Lipinski definition) is 6. The van der Waals surface area contributed by atoms with E-state index in [0.717, 1.165) is 30.0 Å². The standard InChI is InChI=1S/C19H11Cl3N2O6S2/c20-10-1-4-13(19(25)26)16(7-10)23-32(29,30)12-3-6-18(17(9-12)24(27)28)31-11-2-5-14(21)15(22)8-11/h1-9,23H,(H,25,26). The van der Waals surface area contributed by atoms with E-state index in [0.29, 0.717) is 9.92 Å². The summed E-state index contributed by atoms with van der Waals surface area (Å²) in [4.78, 5) is 22.5. The van der Waals surface area contributed by atoms with Crippen molar-refractivity contribution >= 4 is 73.9 Å². The summed E-state index contributed by atoms with van der Waals surface area (Å²) in [6.45, 7) is 0. The molecule has 0 radical (unpaired) electrons. The second-order valence-electron chi connectivity index (χ2n) is 6.17. The van der Waals surface area contributed by atoms with E-state index in [2.05, 4.69) is 4.72 Å². The van der Waals surface area contributed by atoms with Gasteiger partial charge >= 0.3 is 5.97 Å². The number of halogens is 3. The van der Waals surface area contributed by atoms with Crippen LogP contribution in [0.5, 0.6) is 0 Å². The van der Waals surface area contributed by atoms with Gasteiger partial charge in [0.15, 0.2) is 0 Å². The molecule has 13 heteroatoms. The van der Waals surface area contributed by atoms with E-state index in [-0.39, 0.29) is 26.2 Å². The molecule has 0 fully saturated rings. The summed E-state index contributed by atoms with van der Waals surface area (Å²) >= 11 is 18.7. The SMILES string of the molecule is O=C(O)c1ccc(Cl)cc1NS(=O)(=O)c1ccc(Sc2ccc(Cl)c(Cl)c2)c([N+](=O)[O-])c1. The lowest BCUT2D eigenvalue weighted by molar-refractivity contribution is -0.388. The molecule has 3 aromatic carbocycles. The summed E-state index contributed by atoms with van der Waals surface area (Å²) in [6, 6.07) is 11.6. The Labute approximate surface area is 201 Å². The fraction of sp³-hybridized carbons (Fsp3) is 0. The molecule has 166 valence electrons. The zero-order valence-corrected chi connectivity index (χ0v) is 19.5. The lowest BCUT2D eigenvalue weighted by atomic mass is 10.2. The molecule has 0 aliphatic carbocycles.